The second-order valence-corrected chi connectivity index (χ2v) is 2.46. The van der Waals surface area contributed by atoms with E-state index in [-0.39, 0.29) is 0 Å². The molecule has 0 bridgehead atoms. The highest BCUT2D eigenvalue weighted by atomic mass is 15.0. The highest BCUT2D eigenvalue weighted by molar-refractivity contribution is 5.55. The fourth-order valence-electron chi connectivity index (χ4n) is 0.801. The highest BCUT2D eigenvalue weighted by Crippen LogP contribution is 1.96. The maximum absolute atomic E-state index is 5.64. The van der Waals surface area contributed by atoms with Crippen LogP contribution in [-0.4, -0.2) is 19.3 Å². The summed E-state index contributed by atoms with van der Waals surface area (Å²) < 4.78 is 0. The van der Waals surface area contributed by atoms with Gasteiger partial charge in [-0.25, -0.2) is 4.99 Å². The lowest BCUT2D eigenvalue weighted by Crippen LogP contribution is -2.19. The lowest BCUT2D eigenvalue weighted by Gasteiger charge is -2.07. The first-order valence-electron chi connectivity index (χ1n) is 4.31. The van der Waals surface area contributed by atoms with Crippen molar-refractivity contribution in [3.8, 4) is 0 Å². The van der Waals surface area contributed by atoms with Crippen molar-refractivity contribution in [2.45, 2.75) is 13.3 Å². The van der Waals surface area contributed by atoms with Gasteiger partial charge in [-0.1, -0.05) is 6.58 Å². The molecule has 0 saturated heterocycles. The molecule has 74 valence electrons. The summed E-state index contributed by atoms with van der Waals surface area (Å²) in [5, 5.41) is 3.10. The van der Waals surface area contributed by atoms with Gasteiger partial charge in [0.1, 0.15) is 5.82 Å². The lowest BCUT2D eigenvalue weighted by molar-refractivity contribution is 0.736. The van der Waals surface area contributed by atoms with Gasteiger partial charge in [0.15, 0.2) is 0 Å². The van der Waals surface area contributed by atoms with Crippen LogP contribution in [0, 0.1) is 0 Å². The minimum atomic E-state index is 0.453. The van der Waals surface area contributed by atoms with Crippen molar-refractivity contribution in [3.63, 3.8) is 0 Å². The largest absolute Gasteiger partial charge is 0.382 e. The summed E-state index contributed by atoms with van der Waals surface area (Å²) in [6, 6.07) is 0. The van der Waals surface area contributed by atoms with Gasteiger partial charge in [-0.05, 0) is 26.0 Å². The van der Waals surface area contributed by atoms with Gasteiger partial charge < -0.3 is 16.8 Å². The Balaban J connectivity index is 4.15. The standard InChI is InChI=1S/C9H18N4/c1-3-8(9(11)12-4-2)13-7-5-6-10/h3-4,13H,1,5-7,10-11H2,2H3/b9-8+,12-4-. The third kappa shape index (κ3) is 5.03. The van der Waals surface area contributed by atoms with E-state index in [1.54, 1.807) is 12.3 Å². The molecule has 0 spiro atoms. The van der Waals surface area contributed by atoms with Crippen LogP contribution in [0.15, 0.2) is 29.2 Å². The van der Waals surface area contributed by atoms with E-state index in [0.717, 1.165) is 18.7 Å². The number of aliphatic imine (C=N–C) groups is 1. The van der Waals surface area contributed by atoms with E-state index < -0.39 is 0 Å². The van der Waals surface area contributed by atoms with Crippen LogP contribution in [0.25, 0.3) is 0 Å². The Hall–Kier alpha value is -1.29. The monoisotopic (exact) mass is 182 g/mol. The molecule has 0 unspecified atom stereocenters. The Kier molecular flexibility index (Phi) is 6.63. The van der Waals surface area contributed by atoms with Crippen molar-refractivity contribution in [3.05, 3.63) is 24.2 Å². The highest BCUT2D eigenvalue weighted by Gasteiger charge is 1.95. The second-order valence-electron chi connectivity index (χ2n) is 2.46. The molecule has 0 aromatic carbocycles. The minimum Gasteiger partial charge on any atom is -0.382 e. The van der Waals surface area contributed by atoms with Crippen LogP contribution in [0.4, 0.5) is 0 Å². The van der Waals surface area contributed by atoms with Gasteiger partial charge in [-0.15, -0.1) is 0 Å². The van der Waals surface area contributed by atoms with Gasteiger partial charge in [0.25, 0.3) is 0 Å². The van der Waals surface area contributed by atoms with Crippen LogP contribution in [-0.2, 0) is 0 Å². The fraction of sp³-hybridized carbons (Fsp3) is 0.444. The van der Waals surface area contributed by atoms with Gasteiger partial charge in [0, 0.05) is 12.8 Å². The number of hydrogen-bond acceptors (Lipinski definition) is 4. The normalized spacial score (nSPS) is 12.8. The summed E-state index contributed by atoms with van der Waals surface area (Å²) in [5.41, 5.74) is 11.7. The summed E-state index contributed by atoms with van der Waals surface area (Å²) >= 11 is 0. The van der Waals surface area contributed by atoms with Crippen molar-refractivity contribution in [2.24, 2.45) is 16.5 Å². The average molecular weight is 182 g/mol. The summed E-state index contributed by atoms with van der Waals surface area (Å²) in [7, 11) is 0. The molecule has 4 nitrogen and oxygen atoms in total. The Bertz CT molecular complexity index is 206. The van der Waals surface area contributed by atoms with Crippen LogP contribution < -0.4 is 16.8 Å². The third-order valence-corrected chi connectivity index (χ3v) is 1.44. The van der Waals surface area contributed by atoms with Gasteiger partial charge in [-0.2, -0.15) is 0 Å². The first-order chi connectivity index (χ1) is 6.26. The number of rotatable bonds is 6. The van der Waals surface area contributed by atoms with E-state index in [2.05, 4.69) is 16.9 Å². The molecule has 0 rings (SSSR count). The molecule has 13 heavy (non-hydrogen) atoms. The van der Waals surface area contributed by atoms with Crippen molar-refractivity contribution in [1.29, 1.82) is 0 Å². The topological polar surface area (TPSA) is 76.4 Å². The second kappa shape index (κ2) is 7.36. The van der Waals surface area contributed by atoms with Crippen molar-refractivity contribution in [1.82, 2.24) is 5.32 Å². The maximum Gasteiger partial charge on any atom is 0.146 e. The average Bonchev–Trinajstić information content (AvgIpc) is 2.13. The van der Waals surface area contributed by atoms with E-state index in [0.29, 0.717) is 12.4 Å². The molecule has 0 atom stereocenters. The summed E-state index contributed by atoms with van der Waals surface area (Å²) in [6.07, 6.45) is 4.20. The van der Waals surface area contributed by atoms with Crippen LogP contribution >= 0.6 is 0 Å². The third-order valence-electron chi connectivity index (χ3n) is 1.44. The predicted octanol–water partition coefficient (Wildman–Crippen LogP) is 0.329. The van der Waals surface area contributed by atoms with Gasteiger partial charge in [-0.3, -0.25) is 0 Å². The Morgan fingerprint density at radius 3 is 2.77 bits per heavy atom. The number of nitrogens with two attached hydrogens (primary N) is 2. The molecule has 0 aliphatic carbocycles. The molecular weight excluding hydrogens is 164 g/mol. The van der Waals surface area contributed by atoms with Crippen LogP contribution in [0.3, 0.4) is 0 Å². The van der Waals surface area contributed by atoms with E-state index >= 15 is 0 Å². The van der Waals surface area contributed by atoms with Crippen molar-refractivity contribution in [2.75, 3.05) is 13.1 Å². The molecule has 0 heterocycles. The molecule has 0 aliphatic heterocycles. The lowest BCUT2D eigenvalue weighted by atomic mass is 10.3. The van der Waals surface area contributed by atoms with E-state index in [4.69, 9.17) is 11.5 Å². The maximum atomic E-state index is 5.64. The van der Waals surface area contributed by atoms with Gasteiger partial charge in [0.05, 0.1) is 5.70 Å². The van der Waals surface area contributed by atoms with Crippen LogP contribution in [0.5, 0.6) is 0 Å². The molecule has 0 radical (unpaired) electrons. The number of nitrogens with zero attached hydrogens (tertiary/aromatic N) is 1. The number of hydrogen-bond donors (Lipinski definition) is 3. The smallest absolute Gasteiger partial charge is 0.146 e. The Morgan fingerprint density at radius 1 is 1.62 bits per heavy atom. The Labute approximate surface area is 79.4 Å². The number of allylic oxidation sites excluding steroid dienone is 1. The molecular formula is C9H18N4. The quantitative estimate of drug-likeness (QED) is 0.315. The molecule has 0 amide bonds. The first kappa shape index (κ1) is 11.7. The first-order valence-corrected chi connectivity index (χ1v) is 4.31. The fourth-order valence-corrected chi connectivity index (χ4v) is 0.801. The summed E-state index contributed by atoms with van der Waals surface area (Å²) in [5.74, 6) is 0.453. The predicted molar refractivity (Wildman–Crippen MR) is 57.3 cm³/mol. The molecule has 5 N–H and O–H groups in total. The van der Waals surface area contributed by atoms with Gasteiger partial charge >= 0.3 is 0 Å². The zero-order valence-corrected chi connectivity index (χ0v) is 8.09. The van der Waals surface area contributed by atoms with E-state index in [9.17, 15) is 0 Å². The van der Waals surface area contributed by atoms with E-state index in [1.807, 2.05) is 6.92 Å². The summed E-state index contributed by atoms with van der Waals surface area (Å²) in [4.78, 5) is 3.94. The molecule has 4 heteroatoms. The molecule has 0 fully saturated rings. The zero-order chi connectivity index (χ0) is 10.1. The molecule has 0 aromatic heterocycles. The molecule has 0 saturated carbocycles. The molecule has 0 aromatic rings. The minimum absolute atomic E-state index is 0.453. The summed E-state index contributed by atoms with van der Waals surface area (Å²) in [6.45, 7) is 6.90. The van der Waals surface area contributed by atoms with Crippen molar-refractivity contribution < 1.29 is 0 Å². The molecule has 0 aliphatic rings. The van der Waals surface area contributed by atoms with E-state index in [1.165, 1.54) is 0 Å². The van der Waals surface area contributed by atoms with Crippen LogP contribution in [0.1, 0.15) is 13.3 Å². The van der Waals surface area contributed by atoms with Gasteiger partial charge in [0.2, 0.25) is 0 Å². The van der Waals surface area contributed by atoms with Crippen LogP contribution in [0.2, 0.25) is 0 Å². The Morgan fingerprint density at radius 2 is 2.31 bits per heavy atom. The SMILES string of the molecule is C=C/C(NCCCN)=C(N)\N=C/C. The zero-order valence-electron chi connectivity index (χ0n) is 8.09. The van der Waals surface area contributed by atoms with Crippen molar-refractivity contribution >= 4 is 6.21 Å². The number of nitrogens with one attached hydrogen (secondary N) is 1.